The maximum atomic E-state index is 5.58. The average molecular weight is 205 g/mol. The molecule has 0 saturated heterocycles. The van der Waals surface area contributed by atoms with E-state index < -0.39 is 0 Å². The Kier molecular flexibility index (Phi) is 4.91. The molecule has 0 bridgehead atoms. The van der Waals surface area contributed by atoms with Gasteiger partial charge in [0.1, 0.15) is 12.4 Å². The first-order chi connectivity index (χ1) is 7.22. The molecule has 0 unspecified atom stereocenters. The molecule has 15 heavy (non-hydrogen) atoms. The quantitative estimate of drug-likeness (QED) is 0.732. The van der Waals surface area contributed by atoms with Crippen molar-refractivity contribution >= 4 is 6.08 Å². The van der Waals surface area contributed by atoms with Gasteiger partial charge in [-0.15, -0.1) is 0 Å². The maximum Gasteiger partial charge on any atom is 0.119 e. The highest BCUT2D eigenvalue weighted by atomic mass is 16.5. The third-order valence-electron chi connectivity index (χ3n) is 2.05. The van der Waals surface area contributed by atoms with Crippen LogP contribution >= 0.6 is 0 Å². The fourth-order valence-corrected chi connectivity index (χ4v) is 1.21. The van der Waals surface area contributed by atoms with Crippen molar-refractivity contribution < 1.29 is 4.74 Å². The number of ether oxygens (including phenoxy) is 1. The van der Waals surface area contributed by atoms with Crippen LogP contribution in [0.2, 0.25) is 0 Å². The topological polar surface area (TPSA) is 12.5 Å². The molecule has 0 N–H and O–H groups in total. The summed E-state index contributed by atoms with van der Waals surface area (Å²) in [5.74, 6) is 0.935. The van der Waals surface area contributed by atoms with E-state index in [1.54, 1.807) is 0 Å². The van der Waals surface area contributed by atoms with E-state index in [0.717, 1.165) is 18.9 Å². The summed E-state index contributed by atoms with van der Waals surface area (Å²) in [6, 6.07) is 8.13. The fraction of sp³-hybridized carbons (Fsp3) is 0.385. The van der Waals surface area contributed by atoms with Crippen LogP contribution in [0.3, 0.4) is 0 Å². The highest BCUT2D eigenvalue weighted by Gasteiger charge is 1.94. The molecule has 0 saturated carbocycles. The van der Waals surface area contributed by atoms with Crippen molar-refractivity contribution in [1.29, 1.82) is 0 Å². The Balaban J connectivity index is 2.42. The Labute approximate surface area is 92.2 Å². The molecular formula is C13H19NO. The zero-order valence-corrected chi connectivity index (χ0v) is 9.73. The molecule has 0 amide bonds. The first-order valence-corrected chi connectivity index (χ1v) is 5.22. The normalized spacial score (nSPS) is 11.2. The van der Waals surface area contributed by atoms with Crippen LogP contribution in [0.4, 0.5) is 0 Å². The lowest BCUT2D eigenvalue weighted by atomic mass is 10.2. The summed E-state index contributed by atoms with van der Waals surface area (Å²) in [6.07, 6.45) is 4.10. The van der Waals surface area contributed by atoms with Crippen molar-refractivity contribution in [2.45, 2.75) is 6.92 Å². The third-order valence-corrected chi connectivity index (χ3v) is 2.05. The molecule has 0 aromatic heterocycles. The predicted octanol–water partition coefficient (Wildman–Crippen LogP) is 2.66. The smallest absolute Gasteiger partial charge is 0.119 e. The Morgan fingerprint density at radius 3 is 2.40 bits per heavy atom. The summed E-state index contributed by atoms with van der Waals surface area (Å²) in [7, 11) is 4.08. The number of likely N-dealkylation sites (N-methyl/N-ethyl adjacent to an activating group) is 1. The highest BCUT2D eigenvalue weighted by molar-refractivity contribution is 5.50. The predicted molar refractivity (Wildman–Crippen MR) is 65.2 cm³/mol. The maximum absolute atomic E-state index is 5.58. The van der Waals surface area contributed by atoms with E-state index >= 15 is 0 Å². The Bertz CT molecular complexity index is 301. The van der Waals surface area contributed by atoms with Gasteiger partial charge in [0.25, 0.3) is 0 Å². The fourth-order valence-electron chi connectivity index (χ4n) is 1.21. The van der Waals surface area contributed by atoms with E-state index in [9.17, 15) is 0 Å². The summed E-state index contributed by atoms with van der Waals surface area (Å²) >= 11 is 0. The average Bonchev–Trinajstić information content (AvgIpc) is 2.20. The standard InChI is InChI=1S/C13H19NO/c1-4-5-12-6-8-13(9-7-12)15-11-10-14(2)3/h4-9H,10-11H2,1-3H3/b5-4+. The molecule has 0 atom stereocenters. The minimum absolute atomic E-state index is 0.732. The van der Waals surface area contributed by atoms with Crippen LogP contribution < -0.4 is 4.74 Å². The molecule has 1 aromatic carbocycles. The summed E-state index contributed by atoms with van der Waals surface area (Å²) in [5, 5.41) is 0. The van der Waals surface area contributed by atoms with Gasteiger partial charge >= 0.3 is 0 Å². The Morgan fingerprint density at radius 1 is 1.20 bits per heavy atom. The largest absolute Gasteiger partial charge is 0.492 e. The van der Waals surface area contributed by atoms with Crippen molar-refractivity contribution in [1.82, 2.24) is 4.90 Å². The number of hydrogen-bond acceptors (Lipinski definition) is 2. The molecule has 0 fully saturated rings. The van der Waals surface area contributed by atoms with Crippen LogP contribution in [-0.4, -0.2) is 32.1 Å². The molecule has 82 valence electrons. The van der Waals surface area contributed by atoms with Gasteiger partial charge in [0.2, 0.25) is 0 Å². The zero-order valence-electron chi connectivity index (χ0n) is 9.73. The van der Waals surface area contributed by atoms with E-state index in [2.05, 4.69) is 23.1 Å². The lowest BCUT2D eigenvalue weighted by Gasteiger charge is -2.10. The van der Waals surface area contributed by atoms with Gasteiger partial charge in [0.05, 0.1) is 0 Å². The molecule has 1 rings (SSSR count). The third kappa shape index (κ3) is 4.66. The lowest BCUT2D eigenvalue weighted by Crippen LogP contribution is -2.19. The number of benzene rings is 1. The van der Waals surface area contributed by atoms with Crippen LogP contribution in [-0.2, 0) is 0 Å². The van der Waals surface area contributed by atoms with Gasteiger partial charge in [-0.1, -0.05) is 24.3 Å². The number of nitrogens with zero attached hydrogens (tertiary/aromatic N) is 1. The molecular weight excluding hydrogens is 186 g/mol. The summed E-state index contributed by atoms with van der Waals surface area (Å²) in [6.45, 7) is 3.69. The molecule has 0 aliphatic rings. The van der Waals surface area contributed by atoms with Gasteiger partial charge in [0, 0.05) is 6.54 Å². The Morgan fingerprint density at radius 2 is 1.87 bits per heavy atom. The zero-order chi connectivity index (χ0) is 11.1. The number of allylic oxidation sites excluding steroid dienone is 1. The van der Waals surface area contributed by atoms with E-state index in [4.69, 9.17) is 4.74 Å². The summed E-state index contributed by atoms with van der Waals surface area (Å²) in [5.41, 5.74) is 1.21. The first kappa shape index (κ1) is 11.8. The highest BCUT2D eigenvalue weighted by Crippen LogP contribution is 2.12. The van der Waals surface area contributed by atoms with Crippen LogP contribution in [0.25, 0.3) is 6.08 Å². The summed E-state index contributed by atoms with van der Waals surface area (Å²) in [4.78, 5) is 2.11. The van der Waals surface area contributed by atoms with Crippen LogP contribution in [0, 0.1) is 0 Å². The van der Waals surface area contributed by atoms with E-state index in [1.165, 1.54) is 5.56 Å². The van der Waals surface area contributed by atoms with E-state index in [1.807, 2.05) is 39.2 Å². The van der Waals surface area contributed by atoms with E-state index in [0.29, 0.717) is 0 Å². The molecule has 1 aromatic rings. The van der Waals surface area contributed by atoms with Crippen molar-refractivity contribution in [3.63, 3.8) is 0 Å². The van der Waals surface area contributed by atoms with Gasteiger partial charge in [0.15, 0.2) is 0 Å². The molecule has 2 nitrogen and oxygen atoms in total. The second-order valence-electron chi connectivity index (χ2n) is 3.72. The molecule has 2 heteroatoms. The van der Waals surface area contributed by atoms with Crippen molar-refractivity contribution in [2.24, 2.45) is 0 Å². The molecule has 0 aliphatic heterocycles. The second kappa shape index (κ2) is 6.25. The lowest BCUT2D eigenvalue weighted by molar-refractivity contribution is 0.261. The van der Waals surface area contributed by atoms with E-state index in [-0.39, 0.29) is 0 Å². The molecule has 0 spiro atoms. The van der Waals surface area contributed by atoms with Gasteiger partial charge in [-0.25, -0.2) is 0 Å². The summed E-state index contributed by atoms with van der Waals surface area (Å²) < 4.78 is 5.58. The van der Waals surface area contributed by atoms with Crippen LogP contribution in [0.5, 0.6) is 5.75 Å². The number of hydrogen-bond donors (Lipinski definition) is 0. The molecule has 0 aliphatic carbocycles. The van der Waals surface area contributed by atoms with Gasteiger partial charge in [-0.05, 0) is 38.7 Å². The van der Waals surface area contributed by atoms with Gasteiger partial charge in [-0.3, -0.25) is 0 Å². The van der Waals surface area contributed by atoms with Crippen LogP contribution in [0.1, 0.15) is 12.5 Å². The monoisotopic (exact) mass is 205 g/mol. The minimum atomic E-state index is 0.732. The first-order valence-electron chi connectivity index (χ1n) is 5.22. The van der Waals surface area contributed by atoms with Gasteiger partial charge < -0.3 is 9.64 Å². The van der Waals surface area contributed by atoms with Gasteiger partial charge in [-0.2, -0.15) is 0 Å². The second-order valence-corrected chi connectivity index (χ2v) is 3.72. The minimum Gasteiger partial charge on any atom is -0.492 e. The Hall–Kier alpha value is -1.28. The SMILES string of the molecule is C/C=C/c1ccc(OCCN(C)C)cc1. The number of rotatable bonds is 5. The van der Waals surface area contributed by atoms with Crippen molar-refractivity contribution in [3.05, 3.63) is 35.9 Å². The van der Waals surface area contributed by atoms with Crippen molar-refractivity contribution in [3.8, 4) is 5.75 Å². The molecule has 0 heterocycles. The molecule has 0 radical (unpaired) electrons. The van der Waals surface area contributed by atoms with Crippen LogP contribution in [0.15, 0.2) is 30.3 Å². The van der Waals surface area contributed by atoms with Crippen molar-refractivity contribution in [2.75, 3.05) is 27.2 Å².